The number of anilines is 1. The maximum Gasteiger partial charge on any atom is 0.418 e. The number of piperidine rings is 1. The van der Waals surface area contributed by atoms with Crippen LogP contribution in [0.4, 0.5) is 18.9 Å². The zero-order valence-electron chi connectivity index (χ0n) is 17.6. The van der Waals surface area contributed by atoms with Crippen LogP contribution in [0, 0.1) is 5.92 Å². The third-order valence-electron chi connectivity index (χ3n) is 6.12. The van der Waals surface area contributed by atoms with E-state index in [1.807, 2.05) is 16.7 Å². The molecule has 0 aliphatic carbocycles. The lowest BCUT2D eigenvalue weighted by Gasteiger charge is -2.42. The van der Waals surface area contributed by atoms with E-state index in [9.17, 15) is 18.0 Å². The maximum absolute atomic E-state index is 13.4. The molecular formula is C21H27F3N6O. The van der Waals surface area contributed by atoms with Gasteiger partial charge in [0.1, 0.15) is 11.0 Å². The van der Waals surface area contributed by atoms with Crippen LogP contribution in [0.2, 0.25) is 0 Å². The van der Waals surface area contributed by atoms with Crippen molar-refractivity contribution in [1.29, 1.82) is 0 Å². The molecule has 1 unspecified atom stereocenters. The molecule has 2 aliphatic heterocycles. The summed E-state index contributed by atoms with van der Waals surface area (Å²) in [4.78, 5) is 24.9. The number of nitrogens with two attached hydrogens (primary N) is 1. The Morgan fingerprint density at radius 2 is 1.84 bits per heavy atom. The summed E-state index contributed by atoms with van der Waals surface area (Å²) < 4.78 is 40.3. The standard InChI is InChI=1S/C21H27F3N6O/c1-12-7-15(28-20(31)13(2)29-9-14(25)10-29)11-30(8-12)17-4-3-16(21(22,23)24)18-19(17)27-6-5-26-18/h3-6,12-15H,7-11,25H2,1-2H3,(H,28,31)/t12-,13?,15+/m0/s1. The molecular weight excluding hydrogens is 409 g/mol. The number of likely N-dealkylation sites (tertiary alicyclic amines) is 1. The summed E-state index contributed by atoms with van der Waals surface area (Å²) in [7, 11) is 0. The summed E-state index contributed by atoms with van der Waals surface area (Å²) >= 11 is 0. The number of hydrogen-bond donors (Lipinski definition) is 2. The fourth-order valence-corrected chi connectivity index (χ4v) is 4.53. The first kappa shape index (κ1) is 21.8. The van der Waals surface area contributed by atoms with E-state index in [-0.39, 0.29) is 41.0 Å². The molecule has 2 saturated heterocycles. The van der Waals surface area contributed by atoms with E-state index in [1.165, 1.54) is 18.5 Å². The number of aromatic nitrogens is 2. The quantitative estimate of drug-likeness (QED) is 0.763. The number of amides is 1. The highest BCUT2D eigenvalue weighted by Gasteiger charge is 2.36. The van der Waals surface area contributed by atoms with Crippen LogP contribution < -0.4 is 16.0 Å². The molecule has 1 amide bonds. The van der Waals surface area contributed by atoms with Crippen LogP contribution in [-0.4, -0.2) is 65.1 Å². The lowest BCUT2D eigenvalue weighted by Crippen LogP contribution is -2.63. The van der Waals surface area contributed by atoms with Crippen LogP contribution in [-0.2, 0) is 11.0 Å². The molecule has 0 spiro atoms. The van der Waals surface area contributed by atoms with Gasteiger partial charge in [-0.25, -0.2) is 0 Å². The molecule has 0 bridgehead atoms. The second-order valence-electron chi connectivity index (χ2n) is 8.72. The number of halogens is 3. The Morgan fingerprint density at radius 1 is 1.16 bits per heavy atom. The SMILES string of the molecule is CC(C(=O)N[C@@H]1C[C@H](C)CN(c2ccc(C(F)(F)F)c3nccnc23)C1)N1CC(N)C1. The van der Waals surface area contributed by atoms with Gasteiger partial charge in [-0.1, -0.05) is 6.92 Å². The van der Waals surface area contributed by atoms with Crippen molar-refractivity contribution in [3.05, 3.63) is 30.1 Å². The smallest absolute Gasteiger partial charge is 0.367 e. The Hall–Kier alpha value is -2.46. The molecule has 1 aromatic heterocycles. The van der Waals surface area contributed by atoms with Gasteiger partial charge in [-0.05, 0) is 31.4 Å². The van der Waals surface area contributed by atoms with Crippen LogP contribution >= 0.6 is 0 Å². The van der Waals surface area contributed by atoms with Gasteiger partial charge < -0.3 is 16.0 Å². The van der Waals surface area contributed by atoms with Gasteiger partial charge in [-0.15, -0.1) is 0 Å². The fourth-order valence-electron chi connectivity index (χ4n) is 4.53. The summed E-state index contributed by atoms with van der Waals surface area (Å²) in [5, 5.41) is 3.12. The molecule has 4 rings (SSSR count). The average molecular weight is 436 g/mol. The third kappa shape index (κ3) is 4.45. The van der Waals surface area contributed by atoms with E-state index in [0.717, 1.165) is 12.5 Å². The van der Waals surface area contributed by atoms with Crippen molar-refractivity contribution in [3.63, 3.8) is 0 Å². The van der Waals surface area contributed by atoms with Gasteiger partial charge in [0.05, 0.1) is 17.3 Å². The fraction of sp³-hybridized carbons (Fsp3) is 0.571. The van der Waals surface area contributed by atoms with Crippen molar-refractivity contribution in [3.8, 4) is 0 Å². The average Bonchev–Trinajstić information content (AvgIpc) is 2.68. The molecule has 0 radical (unpaired) electrons. The van der Waals surface area contributed by atoms with Gasteiger partial charge >= 0.3 is 6.18 Å². The summed E-state index contributed by atoms with van der Waals surface area (Å²) in [5.74, 6) is 0.198. The number of carbonyl (C=O) groups excluding carboxylic acids is 1. The first-order valence-electron chi connectivity index (χ1n) is 10.5. The minimum absolute atomic E-state index is 0.0528. The van der Waals surface area contributed by atoms with Gasteiger partial charge in [-0.2, -0.15) is 13.2 Å². The molecule has 31 heavy (non-hydrogen) atoms. The molecule has 2 fully saturated rings. The van der Waals surface area contributed by atoms with E-state index < -0.39 is 11.7 Å². The Morgan fingerprint density at radius 3 is 2.48 bits per heavy atom. The molecule has 3 atom stereocenters. The Balaban J connectivity index is 1.55. The van der Waals surface area contributed by atoms with E-state index in [0.29, 0.717) is 31.9 Å². The topological polar surface area (TPSA) is 87.4 Å². The van der Waals surface area contributed by atoms with Crippen LogP contribution in [0.1, 0.15) is 25.8 Å². The predicted molar refractivity (Wildman–Crippen MR) is 111 cm³/mol. The number of benzene rings is 1. The number of nitrogens with one attached hydrogen (secondary N) is 1. The summed E-state index contributed by atoms with van der Waals surface area (Å²) in [6.07, 6.45) is -1.03. The van der Waals surface area contributed by atoms with Crippen molar-refractivity contribution < 1.29 is 18.0 Å². The molecule has 2 aromatic rings. The lowest BCUT2D eigenvalue weighted by atomic mass is 9.94. The highest BCUT2D eigenvalue weighted by atomic mass is 19.4. The van der Waals surface area contributed by atoms with E-state index >= 15 is 0 Å². The van der Waals surface area contributed by atoms with Gasteiger partial charge in [0.2, 0.25) is 5.91 Å². The summed E-state index contributed by atoms with van der Waals surface area (Å²) in [6, 6.07) is 2.27. The van der Waals surface area contributed by atoms with Crippen molar-refractivity contribution in [1.82, 2.24) is 20.2 Å². The van der Waals surface area contributed by atoms with Crippen LogP contribution in [0.5, 0.6) is 0 Å². The Bertz CT molecular complexity index is 962. The van der Waals surface area contributed by atoms with Crippen molar-refractivity contribution >= 4 is 22.6 Å². The van der Waals surface area contributed by atoms with E-state index in [2.05, 4.69) is 22.2 Å². The Labute approximate surface area is 178 Å². The van der Waals surface area contributed by atoms with E-state index in [4.69, 9.17) is 5.73 Å². The molecule has 1 aromatic carbocycles. The molecule has 7 nitrogen and oxygen atoms in total. The molecule has 0 saturated carbocycles. The van der Waals surface area contributed by atoms with Crippen LogP contribution in [0.15, 0.2) is 24.5 Å². The molecule has 2 aliphatic rings. The molecule has 168 valence electrons. The largest absolute Gasteiger partial charge is 0.418 e. The second kappa shape index (κ2) is 8.23. The minimum Gasteiger partial charge on any atom is -0.367 e. The first-order chi connectivity index (χ1) is 14.6. The van der Waals surface area contributed by atoms with Crippen molar-refractivity contribution in [2.24, 2.45) is 11.7 Å². The normalized spacial score (nSPS) is 24.1. The number of nitrogens with zero attached hydrogens (tertiary/aromatic N) is 4. The van der Waals surface area contributed by atoms with Gasteiger partial charge in [-0.3, -0.25) is 19.7 Å². The lowest BCUT2D eigenvalue weighted by molar-refractivity contribution is -0.136. The number of carbonyl (C=O) groups is 1. The monoisotopic (exact) mass is 436 g/mol. The molecule has 3 heterocycles. The zero-order valence-corrected chi connectivity index (χ0v) is 17.6. The number of fused-ring (bicyclic) bond motifs is 1. The first-order valence-corrected chi connectivity index (χ1v) is 10.5. The minimum atomic E-state index is -4.51. The van der Waals surface area contributed by atoms with Gasteiger partial charge in [0, 0.05) is 50.7 Å². The molecule has 10 heteroatoms. The highest BCUT2D eigenvalue weighted by Crippen LogP contribution is 2.37. The highest BCUT2D eigenvalue weighted by molar-refractivity contribution is 5.91. The number of rotatable bonds is 4. The Kier molecular flexibility index (Phi) is 5.78. The maximum atomic E-state index is 13.4. The van der Waals surface area contributed by atoms with Crippen LogP contribution in [0.3, 0.4) is 0 Å². The van der Waals surface area contributed by atoms with E-state index in [1.54, 1.807) is 0 Å². The van der Waals surface area contributed by atoms with Crippen molar-refractivity contribution in [2.75, 3.05) is 31.1 Å². The third-order valence-corrected chi connectivity index (χ3v) is 6.12. The summed E-state index contributed by atoms with van der Waals surface area (Å²) in [6.45, 7) is 6.51. The second-order valence-corrected chi connectivity index (χ2v) is 8.72. The van der Waals surface area contributed by atoms with Gasteiger partial charge in [0.15, 0.2) is 0 Å². The predicted octanol–water partition coefficient (Wildman–Crippen LogP) is 2.01. The van der Waals surface area contributed by atoms with Crippen molar-refractivity contribution in [2.45, 2.75) is 44.6 Å². The molecule has 3 N–H and O–H groups in total. The summed E-state index contributed by atoms with van der Waals surface area (Å²) in [5.41, 5.74) is 5.68. The number of hydrogen-bond acceptors (Lipinski definition) is 6. The van der Waals surface area contributed by atoms with Gasteiger partial charge in [0.25, 0.3) is 0 Å². The number of alkyl halides is 3. The zero-order chi connectivity index (χ0) is 22.3. The van der Waals surface area contributed by atoms with Crippen LogP contribution in [0.25, 0.3) is 11.0 Å².